The minimum atomic E-state index is -4.29. The van der Waals surface area contributed by atoms with Gasteiger partial charge in [0.05, 0.1) is 19.8 Å². The number of carbonyl (C=O) groups is 1. The van der Waals surface area contributed by atoms with E-state index in [9.17, 15) is 14.3 Å². The maximum atomic E-state index is 12.6. The van der Waals surface area contributed by atoms with Crippen molar-refractivity contribution in [2.24, 2.45) is 5.73 Å². The molecule has 0 spiro atoms. The molecule has 0 saturated heterocycles. The van der Waals surface area contributed by atoms with E-state index in [1.807, 2.05) is 0 Å². The first kappa shape index (κ1) is 53.4. The molecule has 0 saturated carbocycles. The van der Waals surface area contributed by atoms with Crippen LogP contribution >= 0.6 is 7.82 Å². The SMILES string of the molecule is CC/C=C\C/C=C\C/C=C\C/C=C\C/C=C\C/C=C\CCCCCCCOCC(COP(=O)(O)OCCN)OC(=O)CCCCCCC/C=C\C/C=C\CCC. The van der Waals surface area contributed by atoms with Crippen LogP contribution in [0.1, 0.15) is 155 Å². The van der Waals surface area contributed by atoms with Crippen LogP contribution in [0.15, 0.2) is 97.2 Å². The van der Waals surface area contributed by atoms with E-state index in [0.29, 0.717) is 13.0 Å². The molecule has 0 rings (SSSR count). The van der Waals surface area contributed by atoms with Crippen LogP contribution in [0.4, 0.5) is 0 Å². The van der Waals surface area contributed by atoms with Crippen molar-refractivity contribution in [1.82, 2.24) is 0 Å². The number of hydrogen-bond acceptors (Lipinski definition) is 7. The molecule has 0 fully saturated rings. The summed E-state index contributed by atoms with van der Waals surface area (Å²) < 4.78 is 33.4. The second-order valence-corrected chi connectivity index (χ2v) is 15.3. The van der Waals surface area contributed by atoms with E-state index in [2.05, 4.69) is 111 Å². The maximum absolute atomic E-state index is 12.6. The van der Waals surface area contributed by atoms with E-state index in [1.165, 1.54) is 19.3 Å². The van der Waals surface area contributed by atoms with E-state index in [4.69, 9.17) is 24.3 Å². The van der Waals surface area contributed by atoms with Gasteiger partial charge in [0, 0.05) is 19.6 Å². The first-order valence-electron chi connectivity index (χ1n) is 21.7. The predicted octanol–water partition coefficient (Wildman–Crippen LogP) is 13.1. The largest absolute Gasteiger partial charge is 0.472 e. The maximum Gasteiger partial charge on any atom is 0.472 e. The molecule has 2 atom stereocenters. The monoisotopic (exact) mass is 802 g/mol. The lowest BCUT2D eigenvalue weighted by atomic mass is 10.1. The summed E-state index contributed by atoms with van der Waals surface area (Å²) in [6, 6.07) is 0. The van der Waals surface area contributed by atoms with Crippen molar-refractivity contribution < 1.29 is 32.8 Å². The molecule has 0 amide bonds. The molecule has 0 aliphatic heterocycles. The lowest BCUT2D eigenvalue weighted by molar-refractivity contribution is -0.154. The summed E-state index contributed by atoms with van der Waals surface area (Å²) in [7, 11) is -4.29. The van der Waals surface area contributed by atoms with Crippen molar-refractivity contribution >= 4 is 13.8 Å². The van der Waals surface area contributed by atoms with Crippen molar-refractivity contribution in [3.63, 3.8) is 0 Å². The van der Waals surface area contributed by atoms with E-state index < -0.39 is 13.9 Å². The predicted molar refractivity (Wildman–Crippen MR) is 238 cm³/mol. The molecule has 0 aromatic carbocycles. The topological polar surface area (TPSA) is 117 Å². The molecule has 2 unspecified atom stereocenters. The fraction of sp³-hybridized carbons (Fsp3) is 0.638. The lowest BCUT2D eigenvalue weighted by Gasteiger charge is -2.20. The second kappa shape index (κ2) is 43.5. The molecule has 0 heterocycles. The molecule has 0 bridgehead atoms. The third-order valence-electron chi connectivity index (χ3n) is 8.47. The number of phosphoric acid groups is 1. The van der Waals surface area contributed by atoms with Gasteiger partial charge in [-0.2, -0.15) is 0 Å². The first-order chi connectivity index (χ1) is 27.4. The Balaban J connectivity index is 4.09. The highest BCUT2D eigenvalue weighted by atomic mass is 31.2. The fourth-order valence-corrected chi connectivity index (χ4v) is 6.10. The van der Waals surface area contributed by atoms with Crippen LogP contribution in [0, 0.1) is 0 Å². The lowest BCUT2D eigenvalue weighted by Crippen LogP contribution is -2.28. The van der Waals surface area contributed by atoms with Crippen LogP contribution in [0.25, 0.3) is 0 Å². The number of hydrogen-bond donors (Lipinski definition) is 2. The Morgan fingerprint density at radius 1 is 0.554 bits per heavy atom. The van der Waals surface area contributed by atoms with Gasteiger partial charge in [-0.15, -0.1) is 0 Å². The van der Waals surface area contributed by atoms with Crippen molar-refractivity contribution in [2.45, 2.75) is 161 Å². The first-order valence-corrected chi connectivity index (χ1v) is 23.2. The minimum absolute atomic E-state index is 0.0887. The number of carbonyl (C=O) groups excluding carboxylic acids is 1. The second-order valence-electron chi connectivity index (χ2n) is 13.8. The molecule has 0 aromatic rings. The number of unbranched alkanes of at least 4 members (excludes halogenated alkanes) is 11. The zero-order valence-corrected chi connectivity index (χ0v) is 36.2. The number of allylic oxidation sites excluding steroid dienone is 16. The van der Waals surface area contributed by atoms with E-state index in [-0.39, 0.29) is 32.3 Å². The molecular weight excluding hydrogens is 721 g/mol. The van der Waals surface area contributed by atoms with Crippen LogP contribution in [0.5, 0.6) is 0 Å². The number of rotatable bonds is 40. The number of esters is 1. The summed E-state index contributed by atoms with van der Waals surface area (Å²) in [5.41, 5.74) is 5.36. The highest BCUT2D eigenvalue weighted by Crippen LogP contribution is 2.43. The summed E-state index contributed by atoms with van der Waals surface area (Å²) in [5.74, 6) is -0.358. The van der Waals surface area contributed by atoms with Gasteiger partial charge in [-0.05, 0) is 89.9 Å². The van der Waals surface area contributed by atoms with Crippen LogP contribution in [0.3, 0.4) is 0 Å². The molecule has 0 aliphatic rings. The summed E-state index contributed by atoms with van der Waals surface area (Å²) in [4.78, 5) is 22.4. The van der Waals surface area contributed by atoms with Crippen LogP contribution < -0.4 is 5.73 Å². The average Bonchev–Trinajstić information content (AvgIpc) is 3.19. The Morgan fingerprint density at radius 3 is 1.50 bits per heavy atom. The van der Waals surface area contributed by atoms with Crippen LogP contribution in [-0.2, 0) is 27.9 Å². The van der Waals surface area contributed by atoms with Crippen molar-refractivity contribution in [3.8, 4) is 0 Å². The van der Waals surface area contributed by atoms with E-state index in [0.717, 1.165) is 116 Å². The van der Waals surface area contributed by atoms with Gasteiger partial charge < -0.3 is 20.1 Å². The fourth-order valence-electron chi connectivity index (χ4n) is 5.33. The highest BCUT2D eigenvalue weighted by molar-refractivity contribution is 7.47. The third kappa shape index (κ3) is 42.6. The third-order valence-corrected chi connectivity index (χ3v) is 9.45. The van der Waals surface area contributed by atoms with Gasteiger partial charge >= 0.3 is 13.8 Å². The van der Waals surface area contributed by atoms with Crippen molar-refractivity contribution in [1.29, 1.82) is 0 Å². The molecule has 0 aliphatic carbocycles. The number of ether oxygens (including phenoxy) is 2. The molecule has 56 heavy (non-hydrogen) atoms. The van der Waals surface area contributed by atoms with E-state index >= 15 is 0 Å². The Bertz CT molecular complexity index is 1170. The Labute approximate surface area is 342 Å². The number of nitrogens with two attached hydrogens (primary N) is 1. The van der Waals surface area contributed by atoms with Gasteiger partial charge in [-0.3, -0.25) is 13.8 Å². The smallest absolute Gasteiger partial charge is 0.457 e. The van der Waals surface area contributed by atoms with E-state index in [1.54, 1.807) is 0 Å². The van der Waals surface area contributed by atoms with Gasteiger partial charge in [0.2, 0.25) is 0 Å². The summed E-state index contributed by atoms with van der Waals surface area (Å²) >= 11 is 0. The summed E-state index contributed by atoms with van der Waals surface area (Å²) in [6.45, 7) is 4.64. The Hall–Kier alpha value is -2.58. The molecule has 8 nitrogen and oxygen atoms in total. The quantitative estimate of drug-likeness (QED) is 0.0272. The van der Waals surface area contributed by atoms with Crippen LogP contribution in [0.2, 0.25) is 0 Å². The molecule has 0 aromatic heterocycles. The van der Waals surface area contributed by atoms with Gasteiger partial charge in [0.1, 0.15) is 6.10 Å². The summed E-state index contributed by atoms with van der Waals surface area (Å²) in [5, 5.41) is 0. The molecule has 3 N–H and O–H groups in total. The van der Waals surface area contributed by atoms with Crippen molar-refractivity contribution in [3.05, 3.63) is 97.2 Å². The van der Waals surface area contributed by atoms with Crippen LogP contribution in [-0.4, -0.2) is 49.9 Å². The van der Waals surface area contributed by atoms with Gasteiger partial charge in [0.25, 0.3) is 0 Å². The van der Waals surface area contributed by atoms with Crippen molar-refractivity contribution in [2.75, 3.05) is 33.0 Å². The van der Waals surface area contributed by atoms with Gasteiger partial charge in [-0.1, -0.05) is 156 Å². The highest BCUT2D eigenvalue weighted by Gasteiger charge is 2.25. The standard InChI is InChI=1S/C47H80NO7P/c1-3-5-7-9-11-13-15-17-18-19-20-21-22-23-24-25-26-27-29-31-33-35-37-39-42-52-44-46(45-54-56(50,51)53-43-41-48)55-47(49)40-38-36-34-32-30-28-16-14-12-10-8-6-4-2/h5,7-8,10-11,13-14,16-18,20-21,23-24,26-27,46H,3-4,6,9,12,15,19,22,25,28-45,48H2,1-2H3,(H,50,51)/b7-5-,10-8-,13-11-,16-14-,18-17-,21-20-,24-23-,27-26-. The normalized spacial score (nSPS) is 14.4. The number of phosphoric ester groups is 1. The minimum Gasteiger partial charge on any atom is -0.457 e. The van der Waals surface area contributed by atoms with Gasteiger partial charge in [0.15, 0.2) is 0 Å². The zero-order valence-electron chi connectivity index (χ0n) is 35.3. The summed E-state index contributed by atoms with van der Waals surface area (Å²) in [6.07, 6.45) is 57.1. The molecule has 320 valence electrons. The molecule has 0 radical (unpaired) electrons. The molecular formula is C47H80NO7P. The average molecular weight is 802 g/mol. The Kier molecular flexibility index (Phi) is 41.5. The Morgan fingerprint density at radius 2 is 1.00 bits per heavy atom. The zero-order chi connectivity index (χ0) is 40.9. The molecule has 9 heteroatoms. The van der Waals surface area contributed by atoms with Gasteiger partial charge in [-0.25, -0.2) is 4.57 Å².